The Hall–Kier alpha value is -2.14. The molecule has 0 bridgehead atoms. The van der Waals surface area contributed by atoms with Gasteiger partial charge in [0.25, 0.3) is 0 Å². The van der Waals surface area contributed by atoms with Crippen LogP contribution in [0.1, 0.15) is 11.5 Å². The summed E-state index contributed by atoms with van der Waals surface area (Å²) in [6.07, 6.45) is 1.72. The van der Waals surface area contributed by atoms with E-state index in [2.05, 4.69) is 10.1 Å². The number of hydrogen-bond donors (Lipinski definition) is 1. The molecule has 0 saturated heterocycles. The number of nitrogens with two attached hydrogens (primary N) is 1. The lowest BCUT2D eigenvalue weighted by atomic mass is 10.1. The van der Waals surface area contributed by atoms with Gasteiger partial charge in [-0.05, 0) is 18.6 Å². The summed E-state index contributed by atoms with van der Waals surface area (Å²) in [5.41, 5.74) is 8.12. The highest BCUT2D eigenvalue weighted by Gasteiger charge is 2.13. The van der Waals surface area contributed by atoms with Crippen LogP contribution in [0, 0.1) is 6.92 Å². The summed E-state index contributed by atoms with van der Waals surface area (Å²) in [5, 5.41) is 4.95. The third-order valence-corrected chi connectivity index (χ3v) is 2.68. The molecule has 17 heavy (non-hydrogen) atoms. The van der Waals surface area contributed by atoms with Crippen molar-refractivity contribution in [3.63, 3.8) is 0 Å². The molecule has 2 N–H and O–H groups in total. The van der Waals surface area contributed by atoms with Gasteiger partial charge in [0.05, 0.1) is 18.4 Å². The Morgan fingerprint density at radius 3 is 3.00 bits per heavy atom. The zero-order valence-corrected chi connectivity index (χ0v) is 9.30. The molecule has 86 valence electrons. The van der Waals surface area contributed by atoms with Crippen LogP contribution < -0.4 is 5.73 Å². The number of furan rings is 1. The number of rotatable bonds is 2. The van der Waals surface area contributed by atoms with E-state index in [1.807, 2.05) is 25.1 Å². The van der Waals surface area contributed by atoms with Crippen molar-refractivity contribution in [1.82, 2.24) is 10.1 Å². The van der Waals surface area contributed by atoms with E-state index in [-0.39, 0.29) is 6.54 Å². The van der Waals surface area contributed by atoms with Crippen molar-refractivity contribution in [3.8, 4) is 11.4 Å². The number of fused-ring (bicyclic) bond motifs is 1. The van der Waals surface area contributed by atoms with Crippen molar-refractivity contribution in [1.29, 1.82) is 0 Å². The summed E-state index contributed by atoms with van der Waals surface area (Å²) < 4.78 is 10.5. The molecular weight excluding hydrogens is 218 g/mol. The van der Waals surface area contributed by atoms with Gasteiger partial charge >= 0.3 is 0 Å². The Bertz CT molecular complexity index is 669. The van der Waals surface area contributed by atoms with E-state index >= 15 is 0 Å². The predicted molar refractivity (Wildman–Crippen MR) is 62.1 cm³/mol. The van der Waals surface area contributed by atoms with Gasteiger partial charge in [0, 0.05) is 5.39 Å². The van der Waals surface area contributed by atoms with E-state index in [0.717, 1.165) is 22.1 Å². The van der Waals surface area contributed by atoms with E-state index in [0.29, 0.717) is 11.7 Å². The van der Waals surface area contributed by atoms with E-state index < -0.39 is 0 Å². The molecule has 5 nitrogen and oxygen atoms in total. The van der Waals surface area contributed by atoms with Crippen molar-refractivity contribution in [3.05, 3.63) is 35.9 Å². The molecule has 0 atom stereocenters. The molecule has 0 amide bonds. The lowest BCUT2D eigenvalue weighted by molar-refractivity contribution is 0.380. The van der Waals surface area contributed by atoms with Crippen molar-refractivity contribution in [2.45, 2.75) is 13.5 Å². The zero-order valence-electron chi connectivity index (χ0n) is 9.30. The van der Waals surface area contributed by atoms with Crippen LogP contribution in [0.5, 0.6) is 0 Å². The number of benzene rings is 1. The molecule has 0 unspecified atom stereocenters. The molecule has 0 spiro atoms. The molecule has 2 heterocycles. The number of para-hydroxylation sites is 1. The van der Waals surface area contributed by atoms with Gasteiger partial charge in [0.15, 0.2) is 0 Å². The average molecular weight is 229 g/mol. The third-order valence-electron chi connectivity index (χ3n) is 2.68. The molecule has 1 aromatic carbocycles. The normalized spacial score (nSPS) is 11.2. The van der Waals surface area contributed by atoms with E-state index in [1.165, 1.54) is 0 Å². The molecule has 0 aliphatic rings. The lowest BCUT2D eigenvalue weighted by Crippen LogP contribution is -1.95. The molecule has 3 rings (SSSR count). The molecule has 0 fully saturated rings. The monoisotopic (exact) mass is 229 g/mol. The molecule has 0 saturated carbocycles. The highest BCUT2D eigenvalue weighted by molar-refractivity contribution is 5.92. The molecule has 5 heteroatoms. The Morgan fingerprint density at radius 2 is 2.24 bits per heavy atom. The Morgan fingerprint density at radius 1 is 1.35 bits per heavy atom. The van der Waals surface area contributed by atoms with Crippen LogP contribution >= 0.6 is 0 Å². The first-order chi connectivity index (χ1) is 8.29. The second-order valence-electron chi connectivity index (χ2n) is 3.82. The molecule has 0 aliphatic heterocycles. The minimum absolute atomic E-state index is 0.236. The average Bonchev–Trinajstić information content (AvgIpc) is 2.96. The maximum atomic E-state index is 5.52. The van der Waals surface area contributed by atoms with Gasteiger partial charge in [-0.3, -0.25) is 0 Å². The summed E-state index contributed by atoms with van der Waals surface area (Å²) in [4.78, 5) is 4.20. The number of aryl methyl sites for hydroxylation is 1. The molecule has 0 aliphatic carbocycles. The van der Waals surface area contributed by atoms with Crippen LogP contribution in [-0.2, 0) is 6.54 Å². The first-order valence-corrected chi connectivity index (χ1v) is 5.29. The van der Waals surface area contributed by atoms with Crippen LogP contribution in [0.15, 0.2) is 33.4 Å². The summed E-state index contributed by atoms with van der Waals surface area (Å²) >= 11 is 0. The largest absolute Gasteiger partial charge is 0.463 e. The number of hydrogen-bond acceptors (Lipinski definition) is 5. The summed E-state index contributed by atoms with van der Waals surface area (Å²) in [7, 11) is 0. The molecule has 3 aromatic rings. The van der Waals surface area contributed by atoms with Gasteiger partial charge in [-0.2, -0.15) is 4.98 Å². The second-order valence-corrected chi connectivity index (χ2v) is 3.82. The van der Waals surface area contributed by atoms with Crippen molar-refractivity contribution >= 4 is 11.0 Å². The summed E-state index contributed by atoms with van der Waals surface area (Å²) in [6, 6.07) is 5.84. The van der Waals surface area contributed by atoms with E-state index in [4.69, 9.17) is 14.7 Å². The highest BCUT2D eigenvalue weighted by atomic mass is 16.5. The second kappa shape index (κ2) is 3.71. The maximum absolute atomic E-state index is 5.52. The van der Waals surface area contributed by atoms with Crippen molar-refractivity contribution in [2.75, 3.05) is 0 Å². The van der Waals surface area contributed by atoms with Crippen LogP contribution in [0.2, 0.25) is 0 Å². The number of aromatic nitrogens is 2. The van der Waals surface area contributed by atoms with Gasteiger partial charge in [-0.1, -0.05) is 17.3 Å². The first kappa shape index (κ1) is 10.0. The fraction of sp³-hybridized carbons (Fsp3) is 0.167. The minimum Gasteiger partial charge on any atom is -0.463 e. The SMILES string of the molecule is Cc1coc2c(-c3noc(CN)n3)cccc12. The quantitative estimate of drug-likeness (QED) is 0.729. The number of nitrogens with zero attached hydrogens (tertiary/aromatic N) is 2. The van der Waals surface area contributed by atoms with Crippen LogP contribution in [0.25, 0.3) is 22.4 Å². The van der Waals surface area contributed by atoms with Crippen LogP contribution in [0.3, 0.4) is 0 Å². The Labute approximate surface area is 97.2 Å². The lowest BCUT2D eigenvalue weighted by Gasteiger charge is -1.95. The highest BCUT2D eigenvalue weighted by Crippen LogP contribution is 2.29. The summed E-state index contributed by atoms with van der Waals surface area (Å²) in [6.45, 7) is 2.23. The van der Waals surface area contributed by atoms with Gasteiger partial charge < -0.3 is 14.7 Å². The predicted octanol–water partition coefficient (Wildman–Crippen LogP) is 2.25. The van der Waals surface area contributed by atoms with Crippen molar-refractivity contribution < 1.29 is 8.94 Å². The first-order valence-electron chi connectivity index (χ1n) is 5.29. The summed E-state index contributed by atoms with van der Waals surface area (Å²) in [5.74, 6) is 0.922. The van der Waals surface area contributed by atoms with E-state index in [1.54, 1.807) is 6.26 Å². The van der Waals surface area contributed by atoms with Gasteiger partial charge in [0.1, 0.15) is 5.58 Å². The minimum atomic E-state index is 0.236. The molecule has 2 aromatic heterocycles. The maximum Gasteiger partial charge on any atom is 0.240 e. The van der Waals surface area contributed by atoms with E-state index in [9.17, 15) is 0 Å². The Kier molecular flexibility index (Phi) is 2.19. The standard InChI is InChI=1S/C12H11N3O2/c1-7-6-16-11-8(7)3-2-4-9(11)12-14-10(5-13)17-15-12/h2-4,6H,5,13H2,1H3. The van der Waals surface area contributed by atoms with Crippen LogP contribution in [0.4, 0.5) is 0 Å². The van der Waals surface area contributed by atoms with Crippen LogP contribution in [-0.4, -0.2) is 10.1 Å². The fourth-order valence-corrected chi connectivity index (χ4v) is 1.81. The van der Waals surface area contributed by atoms with Crippen molar-refractivity contribution in [2.24, 2.45) is 5.73 Å². The molecule has 0 radical (unpaired) electrons. The fourth-order valence-electron chi connectivity index (χ4n) is 1.81. The zero-order chi connectivity index (χ0) is 11.8. The van der Waals surface area contributed by atoms with Gasteiger partial charge in [-0.25, -0.2) is 0 Å². The smallest absolute Gasteiger partial charge is 0.240 e. The van der Waals surface area contributed by atoms with Gasteiger partial charge in [0.2, 0.25) is 11.7 Å². The third kappa shape index (κ3) is 1.52. The Balaban J connectivity index is 2.23. The topological polar surface area (TPSA) is 78.1 Å². The molecular formula is C12H11N3O2. The van der Waals surface area contributed by atoms with Gasteiger partial charge in [-0.15, -0.1) is 0 Å².